The Kier molecular flexibility index (Phi) is 5.65. The van der Waals surface area contributed by atoms with Crippen LogP contribution in [0.3, 0.4) is 0 Å². The number of carbonyl (C=O) groups is 2. The van der Waals surface area contributed by atoms with E-state index in [9.17, 15) is 9.59 Å². The Morgan fingerprint density at radius 2 is 2.00 bits per heavy atom. The van der Waals surface area contributed by atoms with E-state index in [4.69, 9.17) is 37.8 Å². The predicted molar refractivity (Wildman–Crippen MR) is 148 cm³/mol. The maximum atomic E-state index is 15.8. The molecule has 0 radical (unpaired) electrons. The summed E-state index contributed by atoms with van der Waals surface area (Å²) in [7, 11) is 2.78. The minimum atomic E-state index is -1.18. The van der Waals surface area contributed by atoms with Crippen molar-refractivity contribution in [2.75, 3.05) is 19.5 Å². The van der Waals surface area contributed by atoms with Crippen LogP contribution in [0.2, 0.25) is 10.0 Å². The lowest BCUT2D eigenvalue weighted by atomic mass is 9.72. The van der Waals surface area contributed by atoms with E-state index in [1.807, 2.05) is 16.8 Å². The lowest BCUT2D eigenvalue weighted by Crippen LogP contribution is -2.59. The van der Waals surface area contributed by atoms with E-state index in [-0.39, 0.29) is 22.5 Å². The summed E-state index contributed by atoms with van der Waals surface area (Å²) in [6, 6.07) is 13.1. The van der Waals surface area contributed by atoms with Crippen LogP contribution >= 0.6 is 23.2 Å². The van der Waals surface area contributed by atoms with Gasteiger partial charge in [0, 0.05) is 46.6 Å². The second kappa shape index (κ2) is 8.92. The van der Waals surface area contributed by atoms with E-state index in [1.165, 1.54) is 20.3 Å². The number of halogens is 3. The highest BCUT2D eigenvalue weighted by Crippen LogP contribution is 2.55. The summed E-state index contributed by atoms with van der Waals surface area (Å²) in [6.07, 6.45) is 0.851. The van der Waals surface area contributed by atoms with E-state index in [0.717, 1.165) is 16.6 Å². The fourth-order valence-corrected chi connectivity index (χ4v) is 7.21. The molecule has 40 heavy (non-hydrogen) atoms. The first kappa shape index (κ1) is 25.3. The molecule has 11 heteroatoms. The fraction of sp³-hybridized carbons (Fsp3) is 0.276. The molecular formula is C29H23Cl2FN4O4. The van der Waals surface area contributed by atoms with Crippen LogP contribution < -0.4 is 15.4 Å². The van der Waals surface area contributed by atoms with Gasteiger partial charge in [-0.25, -0.2) is 9.18 Å². The maximum absolute atomic E-state index is 15.8. The predicted octanol–water partition coefficient (Wildman–Crippen LogP) is 5.06. The van der Waals surface area contributed by atoms with E-state index >= 15 is 4.39 Å². The molecule has 1 fully saturated rings. The Morgan fingerprint density at radius 1 is 1.18 bits per heavy atom. The van der Waals surface area contributed by atoms with Gasteiger partial charge in [-0.2, -0.15) is 5.10 Å². The Bertz CT molecular complexity index is 1760. The molecule has 7 rings (SSSR count). The van der Waals surface area contributed by atoms with Crippen LogP contribution in [0.1, 0.15) is 39.1 Å². The van der Waals surface area contributed by atoms with Crippen molar-refractivity contribution < 1.29 is 23.5 Å². The van der Waals surface area contributed by atoms with Crippen molar-refractivity contribution in [1.82, 2.24) is 15.1 Å². The van der Waals surface area contributed by atoms with Gasteiger partial charge in [-0.05, 0) is 41.5 Å². The van der Waals surface area contributed by atoms with E-state index in [0.29, 0.717) is 40.4 Å². The number of rotatable bonds is 3. The molecule has 204 valence electrons. The number of nitrogens with one attached hydrogen (secondary N) is 2. The number of nitrogens with zero attached hydrogens (tertiary/aromatic N) is 2. The summed E-state index contributed by atoms with van der Waals surface area (Å²) in [6.45, 7) is 0. The van der Waals surface area contributed by atoms with Gasteiger partial charge in [-0.3, -0.25) is 14.8 Å². The first-order valence-corrected chi connectivity index (χ1v) is 13.5. The number of fused-ring (bicyclic) bond motifs is 6. The topological polar surface area (TPSA) is 94.5 Å². The van der Waals surface area contributed by atoms with Crippen LogP contribution in [-0.2, 0) is 22.4 Å². The van der Waals surface area contributed by atoms with Crippen LogP contribution in [0.5, 0.6) is 5.75 Å². The number of hydrogen-bond donors (Lipinski definition) is 2. The summed E-state index contributed by atoms with van der Waals surface area (Å²) < 4.78 is 28.2. The Balaban J connectivity index is 1.44. The minimum Gasteiger partial charge on any atom is -0.493 e. The van der Waals surface area contributed by atoms with Gasteiger partial charge in [-0.1, -0.05) is 41.4 Å². The zero-order valence-corrected chi connectivity index (χ0v) is 22.9. The summed E-state index contributed by atoms with van der Waals surface area (Å²) in [5.41, 5.74) is 2.33. The standard InChI is InChI=1S/C29H23Cl2FN4O4/c1-39-26-17(27(37)40-2)9-8-15-21-11-20-25(36(21)35-24(15)26)22(16-4-3-5-18(31)23(16)32)29(34-20)12-13-6-7-14(30)10-19(13)33-28(29)38/h3-10,20,22,25,34H,11-12H2,1-2H3,(H,33,38)/t20-,22-,25+,29+/m0/s1. The molecule has 3 aliphatic heterocycles. The molecule has 4 atom stereocenters. The van der Waals surface area contributed by atoms with Crippen molar-refractivity contribution in [3.63, 3.8) is 0 Å². The monoisotopic (exact) mass is 580 g/mol. The smallest absolute Gasteiger partial charge is 0.341 e. The van der Waals surface area contributed by atoms with Gasteiger partial charge in [0.15, 0.2) is 5.75 Å². The van der Waals surface area contributed by atoms with Crippen molar-refractivity contribution in [2.45, 2.75) is 36.4 Å². The minimum absolute atomic E-state index is 0.0206. The summed E-state index contributed by atoms with van der Waals surface area (Å²) in [5, 5.41) is 12.8. The van der Waals surface area contributed by atoms with Gasteiger partial charge in [0.2, 0.25) is 5.91 Å². The Morgan fingerprint density at radius 3 is 2.77 bits per heavy atom. The van der Waals surface area contributed by atoms with Gasteiger partial charge >= 0.3 is 5.97 Å². The van der Waals surface area contributed by atoms with E-state index < -0.39 is 29.3 Å². The van der Waals surface area contributed by atoms with Gasteiger partial charge in [-0.15, -0.1) is 0 Å². The molecule has 0 bridgehead atoms. The van der Waals surface area contributed by atoms with Crippen LogP contribution in [0, 0.1) is 5.82 Å². The second-order valence-electron chi connectivity index (χ2n) is 10.4. The van der Waals surface area contributed by atoms with Gasteiger partial charge < -0.3 is 14.8 Å². The molecule has 0 saturated carbocycles. The number of benzene rings is 3. The molecule has 4 aromatic rings. The second-order valence-corrected chi connectivity index (χ2v) is 11.2. The largest absolute Gasteiger partial charge is 0.493 e. The highest BCUT2D eigenvalue weighted by atomic mass is 35.5. The molecule has 1 amide bonds. The third-order valence-corrected chi connectivity index (χ3v) is 9.00. The molecule has 1 spiro atoms. The summed E-state index contributed by atoms with van der Waals surface area (Å²) in [4.78, 5) is 26.4. The first-order chi connectivity index (χ1) is 19.3. The molecule has 0 unspecified atom stereocenters. The average molecular weight is 581 g/mol. The molecule has 1 aromatic heterocycles. The van der Waals surface area contributed by atoms with E-state index in [1.54, 1.807) is 30.3 Å². The summed E-state index contributed by atoms with van der Waals surface area (Å²) >= 11 is 12.5. The van der Waals surface area contributed by atoms with Gasteiger partial charge in [0.25, 0.3) is 0 Å². The molecule has 3 aliphatic rings. The van der Waals surface area contributed by atoms with E-state index in [2.05, 4.69) is 10.6 Å². The zero-order valence-electron chi connectivity index (χ0n) is 21.4. The van der Waals surface area contributed by atoms with Crippen molar-refractivity contribution in [2.24, 2.45) is 0 Å². The molecule has 1 saturated heterocycles. The van der Waals surface area contributed by atoms with Crippen molar-refractivity contribution >= 4 is 51.7 Å². The van der Waals surface area contributed by atoms with Crippen LogP contribution in [0.25, 0.3) is 10.9 Å². The first-order valence-electron chi connectivity index (χ1n) is 12.7. The highest BCUT2D eigenvalue weighted by Gasteiger charge is 2.63. The number of esters is 1. The third kappa shape index (κ3) is 3.38. The lowest BCUT2D eigenvalue weighted by molar-refractivity contribution is -0.123. The number of amides is 1. The van der Waals surface area contributed by atoms with Crippen molar-refractivity contribution in [3.05, 3.63) is 86.8 Å². The number of ether oxygens (including phenoxy) is 2. The molecule has 4 heterocycles. The van der Waals surface area contributed by atoms with Gasteiger partial charge in [0.1, 0.15) is 22.4 Å². The zero-order chi connectivity index (χ0) is 27.9. The molecule has 0 aliphatic carbocycles. The van der Waals surface area contributed by atoms with Crippen LogP contribution in [-0.4, -0.2) is 47.5 Å². The average Bonchev–Trinajstić information content (AvgIpc) is 3.57. The Labute approximate surface area is 238 Å². The van der Waals surface area contributed by atoms with Crippen LogP contribution in [0.4, 0.5) is 10.1 Å². The Hall–Kier alpha value is -3.66. The molecular weight excluding hydrogens is 558 g/mol. The quantitative estimate of drug-likeness (QED) is 0.329. The summed E-state index contributed by atoms with van der Waals surface area (Å²) in [5.74, 6) is -1.74. The molecule has 8 nitrogen and oxygen atoms in total. The SMILES string of the molecule is COC(=O)c1ccc2c3n(nc2c1OC)[C@@H]1[C@H](C3)N[C@]2(Cc3ccc(Cl)cc3NC2=O)[C@H]1c1cccc(Cl)c1F. The van der Waals surface area contributed by atoms with Gasteiger partial charge in [0.05, 0.1) is 25.3 Å². The number of carbonyl (C=O) groups excluding carboxylic acids is 2. The highest BCUT2D eigenvalue weighted by molar-refractivity contribution is 6.31. The van der Waals surface area contributed by atoms with Crippen molar-refractivity contribution in [3.8, 4) is 5.75 Å². The number of methoxy groups -OCH3 is 2. The van der Waals surface area contributed by atoms with Crippen LogP contribution in [0.15, 0.2) is 48.5 Å². The molecule has 2 N–H and O–H groups in total. The number of hydrogen-bond acceptors (Lipinski definition) is 6. The lowest BCUT2D eigenvalue weighted by Gasteiger charge is -2.40. The van der Waals surface area contributed by atoms with Crippen molar-refractivity contribution in [1.29, 1.82) is 0 Å². The fourth-order valence-electron chi connectivity index (χ4n) is 6.86. The maximum Gasteiger partial charge on any atom is 0.341 e. The number of anilines is 1. The number of aromatic nitrogens is 2. The third-order valence-electron chi connectivity index (χ3n) is 8.47. The normalized spacial score (nSPS) is 24.5. The molecule has 3 aromatic carbocycles.